The molecule has 5 heterocycles. The van der Waals surface area contributed by atoms with Gasteiger partial charge in [0, 0.05) is 56.5 Å². The molecule has 2 aromatic heterocycles. The largest absolute Gasteiger partial charge is 0.378 e. The highest BCUT2D eigenvalue weighted by Crippen LogP contribution is 2.36. The summed E-state index contributed by atoms with van der Waals surface area (Å²) in [6, 6.07) is 6.30. The monoisotopic (exact) mass is 395 g/mol. The molecule has 0 aromatic carbocycles. The van der Waals surface area contributed by atoms with Crippen LogP contribution in [0.4, 0.5) is 5.82 Å². The molecule has 0 N–H and O–H groups in total. The van der Waals surface area contributed by atoms with Crippen LogP contribution >= 0.6 is 0 Å². The van der Waals surface area contributed by atoms with Crippen LogP contribution in [0.2, 0.25) is 0 Å². The van der Waals surface area contributed by atoms with Crippen molar-refractivity contribution in [1.29, 1.82) is 0 Å². The lowest BCUT2D eigenvalue weighted by Gasteiger charge is -2.43. The Balaban J connectivity index is 1.39. The Labute approximate surface area is 171 Å². The number of anilines is 1. The minimum absolute atomic E-state index is 0.224. The zero-order valence-electron chi connectivity index (χ0n) is 17.1. The highest BCUT2D eigenvalue weighted by atomic mass is 16.5. The predicted molar refractivity (Wildman–Crippen MR) is 111 cm³/mol. The van der Waals surface area contributed by atoms with E-state index in [2.05, 4.69) is 36.5 Å². The molecule has 2 atom stereocenters. The number of ether oxygens (including phenoxy) is 1. The average Bonchev–Trinajstić information content (AvgIpc) is 3.24. The van der Waals surface area contributed by atoms with Crippen LogP contribution in [0, 0.1) is 5.92 Å². The first-order valence-electron chi connectivity index (χ1n) is 10.7. The number of piperidine rings is 1. The molecule has 29 heavy (non-hydrogen) atoms. The summed E-state index contributed by atoms with van der Waals surface area (Å²) in [4.78, 5) is 26.7. The molecule has 2 saturated heterocycles. The van der Waals surface area contributed by atoms with Crippen molar-refractivity contribution in [3.8, 4) is 0 Å². The first kappa shape index (κ1) is 18.8. The standard InChI is InChI=1S/C22H29N5O2/c1-29-14-19-9-21(24-15-23-19)26-10-16-8-18(13-26)20-5-4-17(22(28)27(20)11-16)12-25-6-2-3-7-25/h4-5,9,15-16,18H,2-3,6-8,10-14H2,1H3/t16-,18+/m0/s1. The number of nitrogens with zero attached hydrogens (tertiary/aromatic N) is 5. The molecule has 5 rings (SSSR count). The van der Waals surface area contributed by atoms with Crippen molar-refractivity contribution in [1.82, 2.24) is 19.4 Å². The van der Waals surface area contributed by atoms with Gasteiger partial charge in [0.2, 0.25) is 0 Å². The van der Waals surface area contributed by atoms with Crippen molar-refractivity contribution in [3.05, 3.63) is 51.8 Å². The van der Waals surface area contributed by atoms with Gasteiger partial charge in [0.1, 0.15) is 12.1 Å². The van der Waals surface area contributed by atoms with Crippen LogP contribution < -0.4 is 10.5 Å². The maximum Gasteiger partial charge on any atom is 0.255 e. The molecular formula is C22H29N5O2. The topological polar surface area (TPSA) is 63.5 Å². The Morgan fingerprint density at radius 2 is 2.00 bits per heavy atom. The fraction of sp³-hybridized carbons (Fsp3) is 0.591. The highest BCUT2D eigenvalue weighted by molar-refractivity contribution is 5.41. The molecule has 7 heteroatoms. The van der Waals surface area contributed by atoms with Crippen molar-refractivity contribution >= 4 is 5.82 Å². The predicted octanol–water partition coefficient (Wildman–Crippen LogP) is 2.00. The number of likely N-dealkylation sites (tertiary alicyclic amines) is 1. The van der Waals surface area contributed by atoms with E-state index in [1.165, 1.54) is 18.5 Å². The molecule has 2 aromatic rings. The van der Waals surface area contributed by atoms with Gasteiger partial charge in [-0.2, -0.15) is 0 Å². The van der Waals surface area contributed by atoms with E-state index in [4.69, 9.17) is 4.74 Å². The van der Waals surface area contributed by atoms with Crippen LogP contribution in [0.25, 0.3) is 0 Å². The highest BCUT2D eigenvalue weighted by Gasteiger charge is 2.35. The lowest BCUT2D eigenvalue weighted by Crippen LogP contribution is -2.48. The summed E-state index contributed by atoms with van der Waals surface area (Å²) in [5.41, 5.74) is 3.26. The van der Waals surface area contributed by atoms with Gasteiger partial charge in [-0.3, -0.25) is 9.69 Å². The molecule has 2 fully saturated rings. The summed E-state index contributed by atoms with van der Waals surface area (Å²) in [5, 5.41) is 0. The molecule has 0 radical (unpaired) electrons. The Morgan fingerprint density at radius 3 is 2.83 bits per heavy atom. The van der Waals surface area contributed by atoms with Gasteiger partial charge < -0.3 is 14.2 Å². The normalized spacial score (nSPS) is 24.0. The van der Waals surface area contributed by atoms with Crippen molar-refractivity contribution in [2.45, 2.75) is 44.9 Å². The minimum atomic E-state index is 0.224. The van der Waals surface area contributed by atoms with Crippen LogP contribution in [-0.2, 0) is 24.4 Å². The zero-order valence-corrected chi connectivity index (χ0v) is 17.1. The summed E-state index contributed by atoms with van der Waals surface area (Å²) in [6.07, 6.45) is 5.28. The van der Waals surface area contributed by atoms with Crippen molar-refractivity contribution in [2.75, 3.05) is 38.2 Å². The second-order valence-electron chi connectivity index (χ2n) is 8.69. The quantitative estimate of drug-likeness (QED) is 0.772. The number of rotatable bonds is 5. The van der Waals surface area contributed by atoms with Gasteiger partial charge in [0.25, 0.3) is 5.56 Å². The van der Waals surface area contributed by atoms with Crippen LogP contribution in [-0.4, -0.2) is 52.7 Å². The Morgan fingerprint density at radius 1 is 1.14 bits per heavy atom. The number of methoxy groups -OCH3 is 1. The van der Waals surface area contributed by atoms with E-state index >= 15 is 0 Å². The van der Waals surface area contributed by atoms with Crippen LogP contribution in [0.5, 0.6) is 0 Å². The molecule has 0 unspecified atom stereocenters. The van der Waals surface area contributed by atoms with Crippen LogP contribution in [0.15, 0.2) is 29.3 Å². The lowest BCUT2D eigenvalue weighted by atomic mass is 9.83. The van der Waals surface area contributed by atoms with Crippen LogP contribution in [0.3, 0.4) is 0 Å². The summed E-state index contributed by atoms with van der Waals surface area (Å²) in [7, 11) is 1.68. The van der Waals surface area contributed by atoms with E-state index < -0.39 is 0 Å². The van der Waals surface area contributed by atoms with Gasteiger partial charge in [0.05, 0.1) is 12.3 Å². The van der Waals surface area contributed by atoms with E-state index in [0.29, 0.717) is 18.4 Å². The fourth-order valence-electron chi connectivity index (χ4n) is 5.27. The zero-order chi connectivity index (χ0) is 19.8. The SMILES string of the molecule is COCc1cc(N2C[C@@H]3C[C@H](C2)c2ccc(CN4CCCC4)c(=O)n2C3)ncn1. The maximum absolute atomic E-state index is 13.2. The number of pyridine rings is 1. The number of fused-ring (bicyclic) bond motifs is 4. The summed E-state index contributed by atoms with van der Waals surface area (Å²) >= 11 is 0. The molecule has 0 aliphatic carbocycles. The maximum atomic E-state index is 13.2. The molecule has 0 amide bonds. The second kappa shape index (κ2) is 7.88. The van der Waals surface area contributed by atoms with Gasteiger partial charge in [-0.25, -0.2) is 9.97 Å². The smallest absolute Gasteiger partial charge is 0.255 e. The molecule has 2 bridgehead atoms. The molecule has 154 valence electrons. The van der Waals surface area contributed by atoms with E-state index in [0.717, 1.165) is 62.8 Å². The fourth-order valence-corrected chi connectivity index (χ4v) is 5.27. The third-order valence-electron chi connectivity index (χ3n) is 6.60. The van der Waals surface area contributed by atoms with Crippen molar-refractivity contribution < 1.29 is 4.74 Å². The minimum Gasteiger partial charge on any atom is -0.378 e. The number of aromatic nitrogens is 3. The van der Waals surface area contributed by atoms with Gasteiger partial charge >= 0.3 is 0 Å². The Bertz CT molecular complexity index is 937. The van der Waals surface area contributed by atoms with Gasteiger partial charge in [0.15, 0.2) is 0 Å². The van der Waals surface area contributed by atoms with E-state index in [9.17, 15) is 4.79 Å². The van der Waals surface area contributed by atoms with E-state index in [-0.39, 0.29) is 5.56 Å². The summed E-state index contributed by atoms with van der Waals surface area (Å²) < 4.78 is 7.28. The third-order valence-corrected chi connectivity index (χ3v) is 6.60. The summed E-state index contributed by atoms with van der Waals surface area (Å²) in [5.74, 6) is 1.81. The second-order valence-corrected chi connectivity index (χ2v) is 8.69. The van der Waals surface area contributed by atoms with Gasteiger partial charge in [-0.05, 0) is 44.3 Å². The first-order chi connectivity index (χ1) is 14.2. The summed E-state index contributed by atoms with van der Waals surface area (Å²) in [6.45, 7) is 6.16. The molecule has 3 aliphatic rings. The van der Waals surface area contributed by atoms with Gasteiger partial charge in [-0.15, -0.1) is 0 Å². The van der Waals surface area contributed by atoms with E-state index in [1.54, 1.807) is 13.4 Å². The molecule has 0 saturated carbocycles. The van der Waals surface area contributed by atoms with Crippen LogP contribution in [0.1, 0.15) is 42.1 Å². The van der Waals surface area contributed by atoms with Crippen molar-refractivity contribution in [3.63, 3.8) is 0 Å². The molecular weight excluding hydrogens is 366 g/mol. The molecule has 0 spiro atoms. The molecule has 3 aliphatic heterocycles. The number of hydrogen-bond acceptors (Lipinski definition) is 6. The van der Waals surface area contributed by atoms with Crippen molar-refractivity contribution in [2.24, 2.45) is 5.92 Å². The van der Waals surface area contributed by atoms with E-state index in [1.807, 2.05) is 6.07 Å². The number of hydrogen-bond donors (Lipinski definition) is 0. The Hall–Kier alpha value is -2.25. The Kier molecular flexibility index (Phi) is 5.09. The first-order valence-corrected chi connectivity index (χ1v) is 10.7. The average molecular weight is 396 g/mol. The molecule has 7 nitrogen and oxygen atoms in total. The lowest BCUT2D eigenvalue weighted by molar-refractivity contribution is 0.181. The van der Waals surface area contributed by atoms with Gasteiger partial charge in [-0.1, -0.05) is 6.07 Å². The third kappa shape index (κ3) is 3.69.